The van der Waals surface area contributed by atoms with Crippen LogP contribution in [0.1, 0.15) is 58.3 Å². The van der Waals surface area contributed by atoms with Gasteiger partial charge in [0.2, 0.25) is 0 Å². The van der Waals surface area contributed by atoms with E-state index in [2.05, 4.69) is 17.2 Å². The normalized spacial score (nSPS) is 45.9. The van der Waals surface area contributed by atoms with Crippen molar-refractivity contribution in [2.45, 2.75) is 69.1 Å². The van der Waals surface area contributed by atoms with Crippen LogP contribution in [0, 0.1) is 17.8 Å². The van der Waals surface area contributed by atoms with E-state index in [1.54, 1.807) is 11.8 Å². The molecule has 0 saturated heterocycles. The fourth-order valence-corrected chi connectivity index (χ4v) is 6.57. The number of carbonyl (C=O) groups excluding carboxylic acids is 1. The molecule has 0 spiro atoms. The van der Waals surface area contributed by atoms with E-state index in [1.165, 1.54) is 38.5 Å². The van der Waals surface area contributed by atoms with Crippen molar-refractivity contribution in [2.24, 2.45) is 22.7 Å². The van der Waals surface area contributed by atoms with Gasteiger partial charge in [0.25, 0.3) is 5.91 Å². The average molecular weight is 292 g/mol. The third-order valence-electron chi connectivity index (χ3n) is 5.70. The summed E-state index contributed by atoms with van der Waals surface area (Å²) in [6, 6.07) is 0. The molecule has 0 aromatic heterocycles. The van der Waals surface area contributed by atoms with Gasteiger partial charge in [0.05, 0.1) is 5.25 Å². The first-order chi connectivity index (χ1) is 9.66. The Morgan fingerprint density at radius 2 is 1.80 bits per heavy atom. The van der Waals surface area contributed by atoms with E-state index >= 15 is 0 Å². The third-order valence-corrected chi connectivity index (χ3v) is 6.84. The molecule has 5 aliphatic rings. The summed E-state index contributed by atoms with van der Waals surface area (Å²) < 4.78 is 0. The second-order valence-corrected chi connectivity index (χ2v) is 8.66. The van der Waals surface area contributed by atoms with Crippen molar-refractivity contribution in [1.29, 1.82) is 0 Å². The van der Waals surface area contributed by atoms with E-state index in [0.29, 0.717) is 0 Å². The molecule has 4 saturated carbocycles. The maximum atomic E-state index is 11.9. The van der Waals surface area contributed by atoms with Gasteiger partial charge in [0.15, 0.2) is 5.17 Å². The maximum Gasteiger partial charge on any atom is 0.261 e. The molecular formula is C16H24N2OS. The summed E-state index contributed by atoms with van der Waals surface area (Å²) in [4.78, 5) is 16.2. The number of nitrogens with one attached hydrogen (secondary N) is 1. The Balaban J connectivity index is 1.47. The van der Waals surface area contributed by atoms with Crippen molar-refractivity contribution < 1.29 is 4.79 Å². The highest BCUT2D eigenvalue weighted by atomic mass is 32.2. The quantitative estimate of drug-likeness (QED) is 0.867. The van der Waals surface area contributed by atoms with Crippen LogP contribution in [0.3, 0.4) is 0 Å². The molecular weight excluding hydrogens is 268 g/mol. The fraction of sp³-hybridized carbons (Fsp3) is 0.875. The summed E-state index contributed by atoms with van der Waals surface area (Å²) in [5.74, 6) is 2.89. The number of rotatable bonds is 3. The zero-order chi connectivity index (χ0) is 13.7. The number of carbonyl (C=O) groups is 1. The first-order valence-electron chi connectivity index (χ1n) is 8.23. The Morgan fingerprint density at radius 3 is 2.35 bits per heavy atom. The molecule has 0 radical (unpaired) electrons. The van der Waals surface area contributed by atoms with Gasteiger partial charge in [-0.05, 0) is 62.7 Å². The lowest BCUT2D eigenvalue weighted by Gasteiger charge is -2.57. The number of amides is 1. The van der Waals surface area contributed by atoms with Crippen LogP contribution in [0.2, 0.25) is 0 Å². The molecule has 20 heavy (non-hydrogen) atoms. The number of hydrogen-bond donors (Lipinski definition) is 1. The van der Waals surface area contributed by atoms with E-state index in [9.17, 15) is 4.79 Å². The molecule has 0 aromatic carbocycles. The monoisotopic (exact) mass is 292 g/mol. The molecule has 1 N–H and O–H groups in total. The predicted molar refractivity (Wildman–Crippen MR) is 82.8 cm³/mol. The number of nitrogens with zero attached hydrogens (tertiary/aromatic N) is 1. The molecule has 1 unspecified atom stereocenters. The van der Waals surface area contributed by atoms with Crippen LogP contribution in [-0.4, -0.2) is 21.9 Å². The van der Waals surface area contributed by atoms with E-state index in [0.717, 1.165) is 35.8 Å². The molecule has 1 atom stereocenters. The van der Waals surface area contributed by atoms with Crippen molar-refractivity contribution in [2.75, 3.05) is 0 Å². The Morgan fingerprint density at radius 1 is 1.20 bits per heavy atom. The van der Waals surface area contributed by atoms with Crippen molar-refractivity contribution in [3.8, 4) is 0 Å². The largest absolute Gasteiger partial charge is 0.359 e. The van der Waals surface area contributed by atoms with Gasteiger partial charge >= 0.3 is 0 Å². The Kier molecular flexibility index (Phi) is 3.13. The smallest absolute Gasteiger partial charge is 0.261 e. The predicted octanol–water partition coefficient (Wildman–Crippen LogP) is 3.34. The van der Waals surface area contributed by atoms with Gasteiger partial charge in [-0.15, -0.1) is 0 Å². The first-order valence-corrected chi connectivity index (χ1v) is 9.11. The molecule has 0 aromatic rings. The van der Waals surface area contributed by atoms with Crippen LogP contribution in [0.15, 0.2) is 4.99 Å². The van der Waals surface area contributed by atoms with Crippen molar-refractivity contribution in [3.05, 3.63) is 0 Å². The molecule has 5 rings (SSSR count). The molecule has 4 heteroatoms. The number of hydrogen-bond acceptors (Lipinski definition) is 3. The lowest BCUT2D eigenvalue weighted by atomic mass is 9.53. The van der Waals surface area contributed by atoms with Gasteiger partial charge in [-0.1, -0.05) is 25.1 Å². The van der Waals surface area contributed by atoms with Gasteiger partial charge in [0.1, 0.15) is 0 Å². The average Bonchev–Trinajstić information content (AvgIpc) is 2.67. The topological polar surface area (TPSA) is 41.5 Å². The molecule has 4 aliphatic carbocycles. The number of thioether (sulfide) groups is 1. The molecule has 1 aliphatic heterocycles. The second-order valence-electron chi connectivity index (χ2n) is 7.47. The summed E-state index contributed by atoms with van der Waals surface area (Å²) in [7, 11) is 0. The Hall–Kier alpha value is -0.510. The van der Waals surface area contributed by atoms with E-state index in [-0.39, 0.29) is 16.7 Å². The minimum absolute atomic E-state index is 0.0800. The summed E-state index contributed by atoms with van der Waals surface area (Å²) >= 11 is 1.68. The first kappa shape index (κ1) is 13.2. The molecule has 3 nitrogen and oxygen atoms in total. The molecule has 110 valence electrons. The van der Waals surface area contributed by atoms with Crippen molar-refractivity contribution in [1.82, 2.24) is 5.32 Å². The standard InChI is InChI=1S/C16H24N2OS/c1-2-3-13-14(19)17-15(20-13)18-16-7-10-4-11(8-16)6-12(5-10)9-16/h10-13H,2-9H2,1H3,(H,17,18,19). The molecule has 1 amide bonds. The maximum absolute atomic E-state index is 11.9. The number of amidine groups is 1. The van der Waals surface area contributed by atoms with Crippen LogP contribution in [0.25, 0.3) is 0 Å². The molecule has 4 fully saturated rings. The van der Waals surface area contributed by atoms with Gasteiger partial charge in [-0.3, -0.25) is 4.79 Å². The SMILES string of the molecule is CCCC1SC(NC23CC4CC(CC(C4)C2)C3)=NC1=O. The lowest BCUT2D eigenvalue weighted by Crippen LogP contribution is -2.59. The van der Waals surface area contributed by atoms with Gasteiger partial charge in [-0.25, -0.2) is 0 Å². The summed E-state index contributed by atoms with van der Waals surface area (Å²) in [6.07, 6.45) is 10.3. The van der Waals surface area contributed by atoms with Gasteiger partial charge < -0.3 is 5.32 Å². The molecule has 1 heterocycles. The van der Waals surface area contributed by atoms with E-state index < -0.39 is 0 Å². The highest BCUT2D eigenvalue weighted by molar-refractivity contribution is 8.15. The van der Waals surface area contributed by atoms with Crippen molar-refractivity contribution in [3.63, 3.8) is 0 Å². The number of aliphatic imine (C=N–C) groups is 1. The highest BCUT2D eigenvalue weighted by Crippen LogP contribution is 2.55. The van der Waals surface area contributed by atoms with Crippen LogP contribution >= 0.6 is 11.8 Å². The Bertz CT molecular complexity index is 424. The van der Waals surface area contributed by atoms with E-state index in [1.807, 2.05) is 0 Å². The van der Waals surface area contributed by atoms with Crippen LogP contribution in [0.4, 0.5) is 0 Å². The van der Waals surface area contributed by atoms with Crippen LogP contribution in [0.5, 0.6) is 0 Å². The highest BCUT2D eigenvalue weighted by Gasteiger charge is 2.51. The Labute approximate surface area is 125 Å². The van der Waals surface area contributed by atoms with Gasteiger partial charge in [-0.2, -0.15) is 4.99 Å². The summed E-state index contributed by atoms with van der Waals surface area (Å²) in [6.45, 7) is 2.14. The minimum atomic E-state index is 0.0800. The lowest BCUT2D eigenvalue weighted by molar-refractivity contribution is -0.117. The third kappa shape index (κ3) is 2.20. The fourth-order valence-electron chi connectivity index (χ4n) is 5.38. The summed E-state index contributed by atoms with van der Waals surface area (Å²) in [5, 5.41) is 4.74. The van der Waals surface area contributed by atoms with Crippen LogP contribution < -0.4 is 5.32 Å². The van der Waals surface area contributed by atoms with Crippen LogP contribution in [-0.2, 0) is 4.79 Å². The second kappa shape index (κ2) is 4.75. The minimum Gasteiger partial charge on any atom is -0.359 e. The molecule has 4 bridgehead atoms. The van der Waals surface area contributed by atoms with Crippen molar-refractivity contribution >= 4 is 22.8 Å². The zero-order valence-corrected chi connectivity index (χ0v) is 13.0. The zero-order valence-electron chi connectivity index (χ0n) is 12.2. The summed E-state index contributed by atoms with van der Waals surface area (Å²) in [5.41, 5.74) is 0.280. The van der Waals surface area contributed by atoms with Gasteiger partial charge in [0, 0.05) is 5.54 Å². The van der Waals surface area contributed by atoms with E-state index in [4.69, 9.17) is 0 Å².